The van der Waals surface area contributed by atoms with E-state index >= 15 is 0 Å². The SMILES string of the molecule is Cc1nc(C)c(CN2CC3CCCC3C2C(=O)O)s1. The van der Waals surface area contributed by atoms with Gasteiger partial charge in [0.15, 0.2) is 0 Å². The molecule has 1 N–H and O–H groups in total. The van der Waals surface area contributed by atoms with Gasteiger partial charge in [-0.1, -0.05) is 6.42 Å². The molecule has 1 aliphatic carbocycles. The van der Waals surface area contributed by atoms with Crippen molar-refractivity contribution in [1.82, 2.24) is 9.88 Å². The number of hydrogen-bond donors (Lipinski definition) is 1. The topological polar surface area (TPSA) is 53.4 Å². The van der Waals surface area contributed by atoms with Crippen molar-refractivity contribution in [2.45, 2.75) is 45.7 Å². The smallest absolute Gasteiger partial charge is 0.321 e. The fraction of sp³-hybridized carbons (Fsp3) is 0.714. The van der Waals surface area contributed by atoms with E-state index in [1.807, 2.05) is 13.8 Å². The maximum Gasteiger partial charge on any atom is 0.321 e. The molecule has 4 nitrogen and oxygen atoms in total. The molecule has 0 spiro atoms. The highest BCUT2D eigenvalue weighted by Crippen LogP contribution is 2.43. The van der Waals surface area contributed by atoms with Gasteiger partial charge in [-0.2, -0.15) is 0 Å². The Labute approximate surface area is 117 Å². The second-order valence-electron chi connectivity index (χ2n) is 5.81. The number of fused-ring (bicyclic) bond motifs is 1. The predicted octanol–water partition coefficient (Wildman–Crippen LogP) is 2.45. The van der Waals surface area contributed by atoms with Gasteiger partial charge in [-0.25, -0.2) is 4.98 Å². The van der Waals surface area contributed by atoms with E-state index in [0.717, 1.165) is 30.2 Å². The molecule has 0 amide bonds. The first-order valence-electron chi connectivity index (χ1n) is 6.96. The normalized spacial score (nSPS) is 30.7. The molecule has 2 aliphatic rings. The summed E-state index contributed by atoms with van der Waals surface area (Å²) in [6.45, 7) is 5.72. The van der Waals surface area contributed by atoms with Crippen LogP contribution in [-0.2, 0) is 11.3 Å². The maximum atomic E-state index is 11.6. The number of hydrogen-bond acceptors (Lipinski definition) is 4. The van der Waals surface area contributed by atoms with Crippen molar-refractivity contribution >= 4 is 17.3 Å². The molecule has 5 heteroatoms. The zero-order chi connectivity index (χ0) is 13.6. The minimum absolute atomic E-state index is 0.283. The molecule has 1 saturated carbocycles. The predicted molar refractivity (Wildman–Crippen MR) is 74.3 cm³/mol. The van der Waals surface area contributed by atoms with Gasteiger partial charge in [-0.15, -0.1) is 11.3 Å². The zero-order valence-corrected chi connectivity index (χ0v) is 12.2. The lowest BCUT2D eigenvalue weighted by Gasteiger charge is -2.23. The molecule has 2 fully saturated rings. The fourth-order valence-corrected chi connectivity index (χ4v) is 4.76. The van der Waals surface area contributed by atoms with E-state index in [4.69, 9.17) is 0 Å². The lowest BCUT2D eigenvalue weighted by Crippen LogP contribution is -2.39. The Kier molecular flexibility index (Phi) is 3.35. The molecule has 3 rings (SSSR count). The van der Waals surface area contributed by atoms with Gasteiger partial charge in [0.2, 0.25) is 0 Å². The molecule has 1 aromatic heterocycles. The minimum atomic E-state index is -0.645. The van der Waals surface area contributed by atoms with E-state index in [1.54, 1.807) is 11.3 Å². The standard InChI is InChI=1S/C14H20N2O2S/c1-8-12(19-9(2)15-8)7-16-6-10-4-3-5-11(10)13(16)14(17)18/h10-11,13H,3-7H2,1-2H3,(H,17,18). The molecule has 1 aromatic rings. The molecule has 19 heavy (non-hydrogen) atoms. The summed E-state index contributed by atoms with van der Waals surface area (Å²) >= 11 is 1.70. The van der Waals surface area contributed by atoms with E-state index < -0.39 is 5.97 Å². The zero-order valence-electron chi connectivity index (χ0n) is 11.4. The third kappa shape index (κ3) is 2.30. The highest BCUT2D eigenvalue weighted by atomic mass is 32.1. The summed E-state index contributed by atoms with van der Waals surface area (Å²) in [5, 5.41) is 10.6. The van der Waals surface area contributed by atoms with Crippen LogP contribution in [0.5, 0.6) is 0 Å². The number of carbonyl (C=O) groups is 1. The Hall–Kier alpha value is -0.940. The third-order valence-corrected chi connectivity index (χ3v) is 5.64. The first kappa shape index (κ1) is 13.1. The van der Waals surface area contributed by atoms with Crippen LogP contribution in [0.25, 0.3) is 0 Å². The monoisotopic (exact) mass is 280 g/mol. The molecule has 3 unspecified atom stereocenters. The fourth-order valence-electron chi connectivity index (χ4n) is 3.80. The average molecular weight is 280 g/mol. The number of aliphatic carboxylic acids is 1. The number of carboxylic acid groups (broad SMARTS) is 1. The second-order valence-corrected chi connectivity index (χ2v) is 7.10. The Morgan fingerprint density at radius 1 is 1.47 bits per heavy atom. The van der Waals surface area contributed by atoms with Crippen molar-refractivity contribution in [1.29, 1.82) is 0 Å². The number of thiazole rings is 1. The van der Waals surface area contributed by atoms with Gasteiger partial charge < -0.3 is 5.11 Å². The quantitative estimate of drug-likeness (QED) is 0.924. The number of aryl methyl sites for hydroxylation is 2. The second kappa shape index (κ2) is 4.87. The van der Waals surface area contributed by atoms with Gasteiger partial charge in [0.25, 0.3) is 0 Å². The first-order chi connectivity index (χ1) is 9.06. The van der Waals surface area contributed by atoms with Crippen LogP contribution in [0.2, 0.25) is 0 Å². The van der Waals surface area contributed by atoms with Crippen LogP contribution < -0.4 is 0 Å². The van der Waals surface area contributed by atoms with E-state index in [2.05, 4.69) is 9.88 Å². The molecule has 3 atom stereocenters. The van der Waals surface area contributed by atoms with E-state index in [9.17, 15) is 9.90 Å². The minimum Gasteiger partial charge on any atom is -0.480 e. The maximum absolute atomic E-state index is 11.6. The van der Waals surface area contributed by atoms with Crippen LogP contribution in [-0.4, -0.2) is 33.5 Å². The van der Waals surface area contributed by atoms with Crippen LogP contribution in [0, 0.1) is 25.7 Å². The van der Waals surface area contributed by atoms with Crippen LogP contribution in [0.4, 0.5) is 0 Å². The van der Waals surface area contributed by atoms with Crippen molar-refractivity contribution in [2.75, 3.05) is 6.54 Å². The summed E-state index contributed by atoms with van der Waals surface area (Å²) in [4.78, 5) is 19.4. The molecular weight excluding hydrogens is 260 g/mol. The number of rotatable bonds is 3. The summed E-state index contributed by atoms with van der Waals surface area (Å²) in [7, 11) is 0. The van der Waals surface area contributed by atoms with Crippen LogP contribution in [0.1, 0.15) is 34.8 Å². The molecule has 1 saturated heterocycles. The molecule has 2 heterocycles. The third-order valence-electron chi connectivity index (χ3n) is 4.59. The first-order valence-corrected chi connectivity index (χ1v) is 7.77. The van der Waals surface area contributed by atoms with Crippen molar-refractivity contribution < 1.29 is 9.90 Å². The molecule has 1 aliphatic heterocycles. The molecule has 0 radical (unpaired) electrons. The number of aromatic nitrogens is 1. The number of likely N-dealkylation sites (tertiary alicyclic amines) is 1. The Morgan fingerprint density at radius 3 is 2.89 bits per heavy atom. The lowest BCUT2D eigenvalue weighted by atomic mass is 9.94. The summed E-state index contributed by atoms with van der Waals surface area (Å²) in [6.07, 6.45) is 3.48. The molecule has 104 valence electrons. The Morgan fingerprint density at radius 2 is 2.26 bits per heavy atom. The van der Waals surface area contributed by atoms with Crippen LogP contribution in [0.3, 0.4) is 0 Å². The van der Waals surface area contributed by atoms with Gasteiger partial charge in [0.05, 0.1) is 10.7 Å². The van der Waals surface area contributed by atoms with Crippen molar-refractivity contribution in [3.63, 3.8) is 0 Å². The largest absolute Gasteiger partial charge is 0.480 e. The van der Waals surface area contributed by atoms with Crippen LogP contribution >= 0.6 is 11.3 Å². The Balaban J connectivity index is 1.80. The van der Waals surface area contributed by atoms with E-state index in [-0.39, 0.29) is 6.04 Å². The number of nitrogens with zero attached hydrogens (tertiary/aromatic N) is 2. The molecule has 0 bridgehead atoms. The lowest BCUT2D eigenvalue weighted by molar-refractivity contribution is -0.143. The molecular formula is C14H20N2O2S. The Bertz CT molecular complexity index is 500. The summed E-state index contributed by atoms with van der Waals surface area (Å²) < 4.78 is 0. The average Bonchev–Trinajstić information content (AvgIpc) is 2.93. The summed E-state index contributed by atoms with van der Waals surface area (Å²) in [5.41, 5.74) is 1.06. The van der Waals surface area contributed by atoms with Gasteiger partial charge >= 0.3 is 5.97 Å². The van der Waals surface area contributed by atoms with E-state index in [0.29, 0.717) is 11.8 Å². The summed E-state index contributed by atoms with van der Waals surface area (Å²) in [6, 6.07) is -0.283. The summed E-state index contributed by atoms with van der Waals surface area (Å²) in [5.74, 6) is 0.315. The highest BCUT2D eigenvalue weighted by Gasteiger charge is 2.47. The van der Waals surface area contributed by atoms with Crippen LogP contribution in [0.15, 0.2) is 0 Å². The number of carboxylic acids is 1. The van der Waals surface area contributed by atoms with Gasteiger partial charge in [-0.3, -0.25) is 9.69 Å². The van der Waals surface area contributed by atoms with E-state index in [1.165, 1.54) is 17.7 Å². The van der Waals surface area contributed by atoms with Gasteiger partial charge in [0, 0.05) is 18.0 Å². The molecule has 0 aromatic carbocycles. The van der Waals surface area contributed by atoms with Crippen molar-refractivity contribution in [3.05, 3.63) is 15.6 Å². The van der Waals surface area contributed by atoms with Crippen molar-refractivity contribution in [2.24, 2.45) is 11.8 Å². The van der Waals surface area contributed by atoms with Crippen molar-refractivity contribution in [3.8, 4) is 0 Å². The van der Waals surface area contributed by atoms with Gasteiger partial charge in [0.1, 0.15) is 6.04 Å². The van der Waals surface area contributed by atoms with Gasteiger partial charge in [-0.05, 0) is 38.5 Å². The highest BCUT2D eigenvalue weighted by molar-refractivity contribution is 7.11.